The first kappa shape index (κ1) is 38.4. The molecule has 0 aliphatic heterocycles. The zero-order valence-corrected chi connectivity index (χ0v) is 30.2. The fraction of sp³-hybridized carbons (Fsp3) is 0.227. The van der Waals surface area contributed by atoms with Crippen molar-refractivity contribution in [3.63, 3.8) is 0 Å². The summed E-state index contributed by atoms with van der Waals surface area (Å²) in [5.74, 6) is -0.598. The lowest BCUT2D eigenvalue weighted by Gasteiger charge is -2.20. The molecule has 0 saturated carbocycles. The van der Waals surface area contributed by atoms with Crippen LogP contribution in [-0.2, 0) is 38.3 Å². The smallest absolute Gasteiger partial charge is 0.310 e. The van der Waals surface area contributed by atoms with E-state index in [-0.39, 0.29) is 56.5 Å². The normalized spacial score (nSPS) is 12.3. The molecule has 0 aliphatic rings. The highest BCUT2D eigenvalue weighted by molar-refractivity contribution is 5.91. The average molecular weight is 747 g/mol. The first-order chi connectivity index (χ1) is 26.5. The Bertz CT molecular complexity index is 2140. The van der Waals surface area contributed by atoms with Crippen LogP contribution in [0.15, 0.2) is 109 Å². The van der Waals surface area contributed by atoms with Crippen molar-refractivity contribution in [3.8, 4) is 28.7 Å². The maximum Gasteiger partial charge on any atom is 0.310 e. The maximum atomic E-state index is 12.5. The van der Waals surface area contributed by atoms with E-state index in [2.05, 4.69) is 0 Å². The average Bonchev–Trinajstić information content (AvgIpc) is 3.18. The monoisotopic (exact) mass is 746 g/mol. The van der Waals surface area contributed by atoms with E-state index in [9.17, 15) is 35.1 Å². The summed E-state index contributed by atoms with van der Waals surface area (Å²) in [6, 6.07) is 32.2. The quantitative estimate of drug-likeness (QED) is 0.0576. The van der Waals surface area contributed by atoms with E-state index in [1.807, 2.05) is 72.8 Å². The molecular formula is C44H42O11. The number of carbonyl (C=O) groups is 2. The summed E-state index contributed by atoms with van der Waals surface area (Å²) in [5, 5.41) is 54.2. The van der Waals surface area contributed by atoms with Gasteiger partial charge < -0.3 is 44.5 Å². The van der Waals surface area contributed by atoms with Gasteiger partial charge in [-0.3, -0.25) is 9.59 Å². The topological polar surface area (TPSA) is 172 Å². The minimum Gasteiger partial charge on any atom is -0.508 e. The van der Waals surface area contributed by atoms with Gasteiger partial charge in [-0.2, -0.15) is 0 Å². The second-order valence-electron chi connectivity index (χ2n) is 13.3. The Morgan fingerprint density at radius 2 is 1.02 bits per heavy atom. The van der Waals surface area contributed by atoms with Crippen LogP contribution in [0, 0.1) is 6.92 Å². The molecule has 0 spiro atoms. The van der Waals surface area contributed by atoms with Crippen molar-refractivity contribution in [2.45, 2.75) is 38.4 Å². The molecule has 0 saturated heterocycles. The van der Waals surface area contributed by atoms with E-state index in [0.717, 1.165) is 32.7 Å². The highest BCUT2D eigenvalue weighted by Crippen LogP contribution is 2.36. The molecule has 0 fully saturated rings. The SMILES string of the molecule is Cc1cc(CC(=O)OCC(O)COc2ccc3ccccc3c2Cc2c(OCC(O)COC(=O)Cc3ccc(O)c(O)c3)ccc3ccccc23)ccc1O. The fourth-order valence-corrected chi connectivity index (χ4v) is 6.23. The number of hydrogen-bond acceptors (Lipinski definition) is 11. The van der Waals surface area contributed by atoms with Gasteiger partial charge in [0.15, 0.2) is 11.5 Å². The minimum atomic E-state index is -1.14. The Kier molecular flexibility index (Phi) is 12.4. The second kappa shape index (κ2) is 17.7. The summed E-state index contributed by atoms with van der Waals surface area (Å²) < 4.78 is 22.9. The molecule has 6 rings (SSSR count). The lowest BCUT2D eigenvalue weighted by Crippen LogP contribution is -2.26. The van der Waals surface area contributed by atoms with Gasteiger partial charge >= 0.3 is 11.9 Å². The van der Waals surface area contributed by atoms with Crippen molar-refractivity contribution in [3.05, 3.63) is 137 Å². The zero-order valence-electron chi connectivity index (χ0n) is 30.2. The van der Waals surface area contributed by atoms with Gasteiger partial charge in [-0.15, -0.1) is 0 Å². The van der Waals surface area contributed by atoms with E-state index in [0.29, 0.717) is 34.6 Å². The fourth-order valence-electron chi connectivity index (χ4n) is 6.23. The van der Waals surface area contributed by atoms with Crippen LogP contribution < -0.4 is 9.47 Å². The third-order valence-corrected chi connectivity index (χ3v) is 9.08. The van der Waals surface area contributed by atoms with E-state index in [1.165, 1.54) is 24.3 Å². The van der Waals surface area contributed by atoms with Crippen LogP contribution in [0.5, 0.6) is 28.7 Å². The molecule has 0 radical (unpaired) electrons. The van der Waals surface area contributed by atoms with Gasteiger partial charge in [0, 0.05) is 17.5 Å². The molecule has 0 aliphatic carbocycles. The summed E-state index contributed by atoms with van der Waals surface area (Å²) in [5.41, 5.74) is 3.44. The Labute approximate surface area is 317 Å². The number of hydrogen-bond donors (Lipinski definition) is 5. The maximum absolute atomic E-state index is 12.5. The highest BCUT2D eigenvalue weighted by Gasteiger charge is 2.19. The molecule has 5 N–H and O–H groups in total. The van der Waals surface area contributed by atoms with E-state index in [4.69, 9.17) is 18.9 Å². The molecule has 2 atom stereocenters. The summed E-state index contributed by atoms with van der Waals surface area (Å²) in [4.78, 5) is 24.9. The van der Waals surface area contributed by atoms with Crippen LogP contribution in [0.4, 0.5) is 0 Å². The number of aliphatic hydroxyl groups is 2. The molecule has 11 heteroatoms. The first-order valence-corrected chi connectivity index (χ1v) is 17.8. The van der Waals surface area contributed by atoms with Gasteiger partial charge in [-0.25, -0.2) is 0 Å². The van der Waals surface area contributed by atoms with Gasteiger partial charge in [-0.05, 0) is 75.5 Å². The predicted octanol–water partition coefficient (Wildman–Crippen LogP) is 6.06. The van der Waals surface area contributed by atoms with Crippen molar-refractivity contribution in [1.82, 2.24) is 0 Å². The van der Waals surface area contributed by atoms with Crippen LogP contribution in [0.25, 0.3) is 21.5 Å². The summed E-state index contributed by atoms with van der Waals surface area (Å²) in [6.45, 7) is 0.841. The Morgan fingerprint density at radius 1 is 0.545 bits per heavy atom. The van der Waals surface area contributed by atoms with E-state index >= 15 is 0 Å². The number of benzene rings is 6. The number of carbonyl (C=O) groups excluding carboxylic acids is 2. The zero-order chi connectivity index (χ0) is 38.9. The largest absolute Gasteiger partial charge is 0.508 e. The number of rotatable bonds is 16. The molecule has 0 heterocycles. The van der Waals surface area contributed by atoms with Gasteiger partial charge in [0.05, 0.1) is 12.8 Å². The number of esters is 2. The third kappa shape index (κ3) is 10.0. The number of fused-ring (bicyclic) bond motifs is 2. The third-order valence-electron chi connectivity index (χ3n) is 9.08. The lowest BCUT2D eigenvalue weighted by atomic mass is 9.93. The molecule has 6 aromatic rings. The van der Waals surface area contributed by atoms with Crippen molar-refractivity contribution in [1.29, 1.82) is 0 Å². The molecule has 11 nitrogen and oxygen atoms in total. The van der Waals surface area contributed by atoms with Crippen LogP contribution >= 0.6 is 0 Å². The van der Waals surface area contributed by atoms with Crippen molar-refractivity contribution in [2.75, 3.05) is 26.4 Å². The van der Waals surface area contributed by atoms with Crippen molar-refractivity contribution in [2.24, 2.45) is 0 Å². The number of ether oxygens (including phenoxy) is 4. The van der Waals surface area contributed by atoms with Crippen molar-refractivity contribution < 1.29 is 54.1 Å². The molecular weight excluding hydrogens is 704 g/mol. The minimum absolute atomic E-state index is 0.00568. The number of aliphatic hydroxyl groups excluding tert-OH is 2. The molecule has 0 amide bonds. The van der Waals surface area contributed by atoms with Crippen LogP contribution in [-0.4, -0.2) is 76.1 Å². The van der Waals surface area contributed by atoms with Gasteiger partial charge in [-0.1, -0.05) is 78.9 Å². The summed E-state index contributed by atoms with van der Waals surface area (Å²) >= 11 is 0. The lowest BCUT2D eigenvalue weighted by molar-refractivity contribution is -0.147. The van der Waals surface area contributed by atoms with E-state index in [1.54, 1.807) is 19.1 Å². The predicted molar refractivity (Wildman–Crippen MR) is 206 cm³/mol. The standard InChI is InChI=1S/C44H42O11/c1-27-18-28(10-14-38(27)47)20-43(50)54-25-32(45)23-52-41-16-12-30-6-2-4-8-34(30)36(41)22-37-35-9-5-3-7-31(35)13-17-42(37)53-24-33(46)26-55-44(51)21-29-11-15-39(48)40(49)19-29/h2-19,32-33,45-49H,20-26H2,1H3. The van der Waals surface area contributed by atoms with Gasteiger partial charge in [0.2, 0.25) is 0 Å². The van der Waals surface area contributed by atoms with Crippen LogP contribution in [0.2, 0.25) is 0 Å². The molecule has 2 unspecified atom stereocenters. The van der Waals surface area contributed by atoms with Crippen molar-refractivity contribution >= 4 is 33.5 Å². The first-order valence-electron chi connectivity index (χ1n) is 17.8. The highest BCUT2D eigenvalue weighted by atomic mass is 16.6. The van der Waals surface area contributed by atoms with Crippen LogP contribution in [0.3, 0.4) is 0 Å². The number of aryl methyl sites for hydroxylation is 1. The Hall–Kier alpha value is -6.30. The van der Waals surface area contributed by atoms with Gasteiger partial charge in [0.25, 0.3) is 0 Å². The Balaban J connectivity index is 1.14. The Morgan fingerprint density at radius 3 is 1.51 bits per heavy atom. The molecule has 6 aromatic carbocycles. The second-order valence-corrected chi connectivity index (χ2v) is 13.3. The number of phenolic OH excluding ortho intramolecular Hbond substituents is 3. The van der Waals surface area contributed by atoms with E-state index < -0.39 is 24.1 Å². The molecule has 284 valence electrons. The summed E-state index contributed by atoms with van der Waals surface area (Å²) in [6.07, 6.45) is -2.06. The van der Waals surface area contributed by atoms with Gasteiger partial charge in [0.1, 0.15) is 55.9 Å². The number of phenols is 3. The summed E-state index contributed by atoms with van der Waals surface area (Å²) in [7, 11) is 0. The van der Waals surface area contributed by atoms with Crippen LogP contribution in [0.1, 0.15) is 27.8 Å². The molecule has 55 heavy (non-hydrogen) atoms. The number of aromatic hydroxyl groups is 3. The molecule has 0 aromatic heterocycles. The molecule has 0 bridgehead atoms.